The van der Waals surface area contributed by atoms with Crippen LogP contribution in [0.4, 0.5) is 0 Å². The number of nitrogens with zero attached hydrogens (tertiary/aromatic N) is 1. The molecule has 0 aliphatic heterocycles. The Morgan fingerprint density at radius 3 is 2.24 bits per heavy atom. The van der Waals surface area contributed by atoms with Crippen molar-refractivity contribution in [3.63, 3.8) is 0 Å². The SMILES string of the molecule is O=C(O)CC(c1ccccc1)c1ccncc1. The number of pyridine rings is 1. The topological polar surface area (TPSA) is 50.2 Å². The Morgan fingerprint density at radius 2 is 1.65 bits per heavy atom. The number of carboxylic acids is 1. The number of rotatable bonds is 4. The zero-order chi connectivity index (χ0) is 12.1. The average molecular weight is 227 g/mol. The quantitative estimate of drug-likeness (QED) is 0.873. The van der Waals surface area contributed by atoms with Crippen LogP contribution in [-0.4, -0.2) is 16.1 Å². The summed E-state index contributed by atoms with van der Waals surface area (Å²) in [6.07, 6.45) is 3.47. The van der Waals surface area contributed by atoms with E-state index in [4.69, 9.17) is 5.11 Å². The molecular weight excluding hydrogens is 214 g/mol. The summed E-state index contributed by atoms with van der Waals surface area (Å²) >= 11 is 0. The molecule has 1 unspecified atom stereocenters. The van der Waals surface area contributed by atoms with Gasteiger partial charge in [-0.05, 0) is 23.3 Å². The summed E-state index contributed by atoms with van der Waals surface area (Å²) in [5, 5.41) is 8.99. The van der Waals surface area contributed by atoms with Gasteiger partial charge >= 0.3 is 5.97 Å². The van der Waals surface area contributed by atoms with E-state index in [2.05, 4.69) is 4.98 Å². The summed E-state index contributed by atoms with van der Waals surface area (Å²) in [6, 6.07) is 13.4. The third kappa shape index (κ3) is 2.91. The van der Waals surface area contributed by atoms with Gasteiger partial charge in [0.1, 0.15) is 0 Å². The lowest BCUT2D eigenvalue weighted by atomic mass is 9.89. The smallest absolute Gasteiger partial charge is 0.304 e. The molecule has 2 rings (SSSR count). The van der Waals surface area contributed by atoms with Gasteiger partial charge < -0.3 is 5.11 Å². The molecule has 3 heteroatoms. The molecule has 1 N–H and O–H groups in total. The van der Waals surface area contributed by atoms with Crippen LogP contribution in [0.25, 0.3) is 0 Å². The van der Waals surface area contributed by atoms with Gasteiger partial charge in [0.05, 0.1) is 6.42 Å². The van der Waals surface area contributed by atoms with Crippen molar-refractivity contribution in [2.75, 3.05) is 0 Å². The lowest BCUT2D eigenvalue weighted by Gasteiger charge is -2.15. The first-order valence-electron chi connectivity index (χ1n) is 5.44. The van der Waals surface area contributed by atoms with E-state index in [0.29, 0.717) is 0 Å². The second-order valence-electron chi connectivity index (χ2n) is 3.84. The van der Waals surface area contributed by atoms with Crippen molar-refractivity contribution >= 4 is 5.97 Å². The van der Waals surface area contributed by atoms with Gasteiger partial charge in [-0.15, -0.1) is 0 Å². The number of benzene rings is 1. The molecule has 2 aromatic rings. The first-order chi connectivity index (χ1) is 8.27. The van der Waals surface area contributed by atoms with Crippen LogP contribution in [0.3, 0.4) is 0 Å². The molecule has 0 saturated carbocycles. The molecular formula is C14H13NO2. The number of carboxylic acid groups (broad SMARTS) is 1. The standard InChI is InChI=1S/C14H13NO2/c16-14(17)10-13(11-4-2-1-3-5-11)12-6-8-15-9-7-12/h1-9,13H,10H2,(H,16,17). The largest absolute Gasteiger partial charge is 0.481 e. The van der Waals surface area contributed by atoms with Crippen LogP contribution in [0.15, 0.2) is 54.9 Å². The molecule has 0 bridgehead atoms. The van der Waals surface area contributed by atoms with Crippen molar-refractivity contribution in [2.45, 2.75) is 12.3 Å². The fourth-order valence-corrected chi connectivity index (χ4v) is 1.88. The van der Waals surface area contributed by atoms with Crippen LogP contribution in [0.2, 0.25) is 0 Å². The molecule has 1 heterocycles. The van der Waals surface area contributed by atoms with Gasteiger partial charge in [0, 0.05) is 18.3 Å². The minimum absolute atomic E-state index is 0.0913. The predicted octanol–water partition coefficient (Wildman–Crippen LogP) is 2.69. The van der Waals surface area contributed by atoms with E-state index in [-0.39, 0.29) is 12.3 Å². The Kier molecular flexibility index (Phi) is 3.50. The van der Waals surface area contributed by atoms with Crippen LogP contribution in [0.1, 0.15) is 23.5 Å². The van der Waals surface area contributed by atoms with E-state index in [1.54, 1.807) is 12.4 Å². The van der Waals surface area contributed by atoms with Crippen LogP contribution >= 0.6 is 0 Å². The zero-order valence-corrected chi connectivity index (χ0v) is 9.28. The Bertz CT molecular complexity index is 443. The van der Waals surface area contributed by atoms with E-state index in [9.17, 15) is 4.79 Å². The monoisotopic (exact) mass is 227 g/mol. The van der Waals surface area contributed by atoms with E-state index in [0.717, 1.165) is 11.1 Å². The van der Waals surface area contributed by atoms with Crippen molar-refractivity contribution in [2.24, 2.45) is 0 Å². The minimum atomic E-state index is -0.796. The molecule has 0 fully saturated rings. The fraction of sp³-hybridized carbons (Fsp3) is 0.143. The van der Waals surface area contributed by atoms with Crippen molar-refractivity contribution in [1.82, 2.24) is 4.98 Å². The molecule has 0 saturated heterocycles. The van der Waals surface area contributed by atoms with Crippen LogP contribution in [0, 0.1) is 0 Å². The second-order valence-corrected chi connectivity index (χ2v) is 3.84. The molecule has 1 aromatic heterocycles. The summed E-state index contributed by atoms with van der Waals surface area (Å²) in [7, 11) is 0. The molecule has 3 nitrogen and oxygen atoms in total. The fourth-order valence-electron chi connectivity index (χ4n) is 1.88. The summed E-state index contributed by atoms with van der Waals surface area (Å²) in [5.74, 6) is -0.910. The second kappa shape index (κ2) is 5.25. The first kappa shape index (κ1) is 11.3. The lowest BCUT2D eigenvalue weighted by Crippen LogP contribution is -2.07. The third-order valence-electron chi connectivity index (χ3n) is 2.69. The highest BCUT2D eigenvalue weighted by molar-refractivity contribution is 5.69. The Morgan fingerprint density at radius 1 is 1.06 bits per heavy atom. The Balaban J connectivity index is 2.36. The van der Waals surface area contributed by atoms with Crippen molar-refractivity contribution < 1.29 is 9.90 Å². The molecule has 0 aliphatic carbocycles. The maximum Gasteiger partial charge on any atom is 0.304 e. The van der Waals surface area contributed by atoms with Crippen LogP contribution in [-0.2, 0) is 4.79 Å². The summed E-state index contributed by atoms with van der Waals surface area (Å²) in [6.45, 7) is 0. The number of hydrogen-bond donors (Lipinski definition) is 1. The minimum Gasteiger partial charge on any atom is -0.481 e. The molecule has 0 spiro atoms. The maximum atomic E-state index is 10.9. The van der Waals surface area contributed by atoms with Gasteiger partial charge in [-0.2, -0.15) is 0 Å². The van der Waals surface area contributed by atoms with E-state index in [1.165, 1.54) is 0 Å². The number of aromatic nitrogens is 1. The molecule has 1 atom stereocenters. The maximum absolute atomic E-state index is 10.9. The highest BCUT2D eigenvalue weighted by Gasteiger charge is 2.17. The molecule has 0 aliphatic rings. The van der Waals surface area contributed by atoms with E-state index >= 15 is 0 Å². The molecule has 86 valence electrons. The summed E-state index contributed by atoms with van der Waals surface area (Å²) < 4.78 is 0. The zero-order valence-electron chi connectivity index (χ0n) is 9.28. The molecule has 0 amide bonds. The van der Waals surface area contributed by atoms with Gasteiger partial charge in [0.2, 0.25) is 0 Å². The first-order valence-corrected chi connectivity index (χ1v) is 5.44. The highest BCUT2D eigenvalue weighted by atomic mass is 16.4. The van der Waals surface area contributed by atoms with E-state index < -0.39 is 5.97 Å². The Hall–Kier alpha value is -2.16. The molecule has 17 heavy (non-hydrogen) atoms. The predicted molar refractivity (Wildman–Crippen MR) is 64.8 cm³/mol. The Labute approximate surface area is 99.8 Å². The average Bonchev–Trinajstić information content (AvgIpc) is 2.38. The molecule has 1 aromatic carbocycles. The number of aliphatic carboxylic acids is 1. The highest BCUT2D eigenvalue weighted by Crippen LogP contribution is 2.27. The van der Waals surface area contributed by atoms with E-state index in [1.807, 2.05) is 42.5 Å². The molecule has 0 radical (unpaired) electrons. The normalized spacial score (nSPS) is 12.0. The van der Waals surface area contributed by atoms with Gasteiger partial charge in [0.15, 0.2) is 0 Å². The van der Waals surface area contributed by atoms with Gasteiger partial charge in [-0.1, -0.05) is 30.3 Å². The lowest BCUT2D eigenvalue weighted by molar-refractivity contribution is -0.137. The van der Waals surface area contributed by atoms with Crippen molar-refractivity contribution in [1.29, 1.82) is 0 Å². The number of hydrogen-bond acceptors (Lipinski definition) is 2. The van der Waals surface area contributed by atoms with Crippen LogP contribution in [0.5, 0.6) is 0 Å². The summed E-state index contributed by atoms with van der Waals surface area (Å²) in [5.41, 5.74) is 2.00. The van der Waals surface area contributed by atoms with Gasteiger partial charge in [-0.25, -0.2) is 0 Å². The number of carbonyl (C=O) groups is 1. The summed E-state index contributed by atoms with van der Waals surface area (Å²) in [4.78, 5) is 14.9. The van der Waals surface area contributed by atoms with Gasteiger partial charge in [-0.3, -0.25) is 9.78 Å². The van der Waals surface area contributed by atoms with Gasteiger partial charge in [0.25, 0.3) is 0 Å². The third-order valence-corrected chi connectivity index (χ3v) is 2.69. The van der Waals surface area contributed by atoms with Crippen molar-refractivity contribution in [3.8, 4) is 0 Å². The van der Waals surface area contributed by atoms with Crippen molar-refractivity contribution in [3.05, 3.63) is 66.0 Å². The van der Waals surface area contributed by atoms with Crippen LogP contribution < -0.4 is 0 Å².